The third kappa shape index (κ3) is 6.24. The van der Waals surface area contributed by atoms with Gasteiger partial charge < -0.3 is 14.7 Å². The lowest BCUT2D eigenvalue weighted by Gasteiger charge is -2.53. The molecule has 0 bridgehead atoms. The van der Waals surface area contributed by atoms with Crippen molar-refractivity contribution in [1.82, 2.24) is 4.90 Å². The van der Waals surface area contributed by atoms with Crippen molar-refractivity contribution in [2.24, 2.45) is 10.8 Å². The molecular weight excluding hydrogens is 416 g/mol. The number of alkyl halides is 2. The first-order valence-electron chi connectivity index (χ1n) is 9.18. The van der Waals surface area contributed by atoms with E-state index in [2.05, 4.69) is 4.74 Å². The highest BCUT2D eigenvalue weighted by Crippen LogP contribution is 2.52. The fourth-order valence-electron chi connectivity index (χ4n) is 4.66. The van der Waals surface area contributed by atoms with Gasteiger partial charge in [-0.15, -0.1) is 12.8 Å². The van der Waals surface area contributed by atoms with Crippen molar-refractivity contribution < 1.29 is 28.2 Å². The number of carbonyl (C=O) groups excluding carboxylic acids is 1. The highest BCUT2D eigenvalue weighted by Gasteiger charge is 2.56. The second-order valence-electron chi connectivity index (χ2n) is 8.86. The molecule has 0 heterocycles. The zero-order chi connectivity index (χ0) is 23.3. The van der Waals surface area contributed by atoms with Gasteiger partial charge in [0.25, 0.3) is 5.91 Å². The average Bonchev–Trinajstić information content (AvgIpc) is 2.57. The molecule has 1 aliphatic carbocycles. The van der Waals surface area contributed by atoms with Crippen LogP contribution in [-0.4, -0.2) is 40.6 Å². The molecule has 1 saturated carbocycles. The van der Waals surface area contributed by atoms with Crippen molar-refractivity contribution in [2.45, 2.75) is 59.1 Å². The summed E-state index contributed by atoms with van der Waals surface area (Å²) in [7, 11) is 0. The van der Waals surface area contributed by atoms with E-state index in [1.54, 1.807) is 0 Å². The van der Waals surface area contributed by atoms with Gasteiger partial charge in [-0.05, 0) is 42.1 Å². The topological polar surface area (TPSA) is 66.8 Å². The van der Waals surface area contributed by atoms with Crippen molar-refractivity contribution in [3.8, 4) is 24.7 Å². The van der Waals surface area contributed by atoms with Gasteiger partial charge >= 0.3 is 12.6 Å². The average molecular weight is 442 g/mol. The van der Waals surface area contributed by atoms with Crippen LogP contribution in [0.15, 0.2) is 22.9 Å². The maximum absolute atomic E-state index is 12.6. The van der Waals surface area contributed by atoms with Gasteiger partial charge in [0.2, 0.25) is 0 Å². The number of halogens is 3. The molecule has 0 aromatic heterocycles. The minimum Gasteiger partial charge on any atom is -0.479 e. The maximum Gasteiger partial charge on any atom is 0.387 e. The van der Waals surface area contributed by atoms with Crippen molar-refractivity contribution in [1.29, 1.82) is 0 Å². The lowest BCUT2D eigenvalue weighted by Crippen LogP contribution is -2.63. The van der Waals surface area contributed by atoms with Gasteiger partial charge in [-0.2, -0.15) is 8.78 Å². The van der Waals surface area contributed by atoms with Crippen LogP contribution in [0.5, 0.6) is 0 Å². The molecule has 0 radical (unpaired) electrons. The van der Waals surface area contributed by atoms with Crippen LogP contribution in [0.3, 0.4) is 0 Å². The summed E-state index contributed by atoms with van der Waals surface area (Å²) in [5, 5.41) is 9.87. The van der Waals surface area contributed by atoms with Crippen molar-refractivity contribution in [2.75, 3.05) is 6.54 Å². The highest BCUT2D eigenvalue weighted by molar-refractivity contribution is 6.31. The van der Waals surface area contributed by atoms with E-state index >= 15 is 0 Å². The zero-order valence-corrected chi connectivity index (χ0v) is 18.2. The molecule has 0 atom stereocenters. The summed E-state index contributed by atoms with van der Waals surface area (Å²) in [5.41, 5.74) is -2.38. The Morgan fingerprint density at radius 1 is 1.20 bits per heavy atom. The van der Waals surface area contributed by atoms with Crippen LogP contribution in [0.1, 0.15) is 47.0 Å². The molecule has 0 aliphatic heterocycles. The third-order valence-corrected chi connectivity index (χ3v) is 5.24. The second-order valence-corrected chi connectivity index (χ2v) is 9.27. The minimum atomic E-state index is -3.17. The Kier molecular flexibility index (Phi) is 8.11. The molecule has 164 valence electrons. The summed E-state index contributed by atoms with van der Waals surface area (Å²) < 4.78 is 29.5. The van der Waals surface area contributed by atoms with Crippen LogP contribution in [0.2, 0.25) is 0 Å². The Hall–Kier alpha value is -2.51. The quantitative estimate of drug-likeness (QED) is 0.361. The molecule has 5 nitrogen and oxygen atoms in total. The van der Waals surface area contributed by atoms with E-state index in [0.29, 0.717) is 0 Å². The van der Waals surface area contributed by atoms with E-state index < -0.39 is 40.6 Å². The molecule has 0 spiro atoms. The number of aliphatic carboxylic acids is 1. The van der Waals surface area contributed by atoms with E-state index in [9.17, 15) is 23.5 Å². The molecule has 0 aromatic carbocycles. The Labute approximate surface area is 181 Å². The van der Waals surface area contributed by atoms with Crippen LogP contribution < -0.4 is 0 Å². The number of carbonyl (C=O) groups is 2. The summed E-state index contributed by atoms with van der Waals surface area (Å²) in [6.45, 7) is 4.22. The SMILES string of the molecule is C#C/C=C(OC(F)F)\C(Cl)=C/CN(C(=O)C#C)C1(C(=O)O)CC(C)(C)CC(C)(C)C1. The molecule has 1 N–H and O–H groups in total. The summed E-state index contributed by atoms with van der Waals surface area (Å²) >= 11 is 6.04. The highest BCUT2D eigenvalue weighted by atomic mass is 35.5. The van der Waals surface area contributed by atoms with Gasteiger partial charge in [0.15, 0.2) is 5.76 Å². The lowest BCUT2D eigenvalue weighted by atomic mass is 9.58. The molecule has 1 amide bonds. The van der Waals surface area contributed by atoms with Gasteiger partial charge in [-0.25, -0.2) is 4.79 Å². The standard InChI is InChI=1S/C22H26ClF2NO4/c1-7-9-16(30-19(24)25)15(23)10-11-26(17(27)8-2)22(18(28)29)13-20(3,4)12-21(5,6)14-22/h1-2,9-10,19H,11-14H2,3-6H3,(H,28,29)/b15-10+,16-9+. The van der Waals surface area contributed by atoms with Crippen LogP contribution in [0.4, 0.5) is 8.78 Å². The number of ether oxygens (including phenoxy) is 1. The van der Waals surface area contributed by atoms with E-state index in [1.807, 2.05) is 39.5 Å². The molecule has 0 saturated heterocycles. The number of carboxylic acid groups (broad SMARTS) is 1. The van der Waals surface area contributed by atoms with Gasteiger partial charge in [-0.3, -0.25) is 4.79 Å². The fourth-order valence-corrected chi connectivity index (χ4v) is 4.82. The number of rotatable bonds is 7. The van der Waals surface area contributed by atoms with Gasteiger partial charge in [0, 0.05) is 12.6 Å². The number of amides is 1. The van der Waals surface area contributed by atoms with Crippen molar-refractivity contribution >= 4 is 23.5 Å². The summed E-state index contributed by atoms with van der Waals surface area (Å²) in [5.74, 6) is 1.48. The Morgan fingerprint density at radius 2 is 1.73 bits per heavy atom. The molecule has 1 rings (SSSR count). The largest absolute Gasteiger partial charge is 0.479 e. The van der Waals surface area contributed by atoms with E-state index in [1.165, 1.54) is 6.08 Å². The lowest BCUT2D eigenvalue weighted by molar-refractivity contribution is -0.167. The number of terminal acetylenes is 2. The minimum absolute atomic E-state index is 0.165. The van der Waals surface area contributed by atoms with E-state index in [-0.39, 0.29) is 24.4 Å². The molecule has 1 aliphatic rings. The predicted molar refractivity (Wildman–Crippen MR) is 110 cm³/mol. The number of carboxylic acids is 1. The van der Waals surface area contributed by atoms with Gasteiger partial charge in [-0.1, -0.05) is 45.2 Å². The Bertz CT molecular complexity index is 815. The van der Waals surface area contributed by atoms with Gasteiger partial charge in [0.1, 0.15) is 5.54 Å². The summed E-state index contributed by atoms with van der Waals surface area (Å²) in [6, 6.07) is 0. The number of nitrogens with zero attached hydrogens (tertiary/aromatic N) is 1. The second kappa shape index (κ2) is 9.53. The van der Waals surface area contributed by atoms with Crippen molar-refractivity contribution in [3.05, 3.63) is 22.9 Å². The smallest absolute Gasteiger partial charge is 0.387 e. The molecular formula is C22H26ClF2NO4. The van der Waals surface area contributed by atoms with Gasteiger partial charge in [0.05, 0.1) is 5.03 Å². The number of hydrogen-bond acceptors (Lipinski definition) is 3. The number of hydrogen-bond donors (Lipinski definition) is 1. The first kappa shape index (κ1) is 25.5. The van der Waals surface area contributed by atoms with Crippen LogP contribution >= 0.6 is 11.6 Å². The Morgan fingerprint density at radius 3 is 2.13 bits per heavy atom. The predicted octanol–water partition coefficient (Wildman–Crippen LogP) is 4.39. The maximum atomic E-state index is 12.6. The Balaban J connectivity index is 3.45. The van der Waals surface area contributed by atoms with Crippen LogP contribution in [-0.2, 0) is 14.3 Å². The summed E-state index contributed by atoms with van der Waals surface area (Å²) in [6.07, 6.45) is 13.6. The zero-order valence-electron chi connectivity index (χ0n) is 17.5. The van der Waals surface area contributed by atoms with E-state index in [0.717, 1.165) is 17.4 Å². The first-order chi connectivity index (χ1) is 13.7. The third-order valence-electron chi connectivity index (χ3n) is 4.90. The number of allylic oxidation sites excluding steroid dienone is 2. The molecule has 0 unspecified atom stereocenters. The molecule has 8 heteroatoms. The fraction of sp³-hybridized carbons (Fsp3) is 0.545. The normalized spacial score (nSPS) is 20.1. The molecule has 30 heavy (non-hydrogen) atoms. The van der Waals surface area contributed by atoms with Crippen LogP contribution in [0.25, 0.3) is 0 Å². The van der Waals surface area contributed by atoms with Crippen molar-refractivity contribution in [3.63, 3.8) is 0 Å². The molecule has 0 aromatic rings. The first-order valence-corrected chi connectivity index (χ1v) is 9.56. The molecule has 1 fully saturated rings. The van der Waals surface area contributed by atoms with Crippen LogP contribution in [0, 0.1) is 35.5 Å². The summed E-state index contributed by atoms with van der Waals surface area (Å²) in [4.78, 5) is 26.1. The monoisotopic (exact) mass is 441 g/mol. The van der Waals surface area contributed by atoms with E-state index in [4.69, 9.17) is 24.4 Å².